The van der Waals surface area contributed by atoms with Gasteiger partial charge in [-0.3, -0.25) is 4.68 Å². The zero-order chi connectivity index (χ0) is 9.14. The Kier molecular flexibility index (Phi) is 2.54. The number of halogens is 1. The molecule has 0 unspecified atom stereocenters. The van der Waals surface area contributed by atoms with Crippen LogP contribution in [0.5, 0.6) is 0 Å². The van der Waals surface area contributed by atoms with Crippen molar-refractivity contribution in [3.8, 4) is 0 Å². The SMILES string of the molecule is Cn1ncc(Cl)c1C/C(N)=N/O. The summed E-state index contributed by atoms with van der Waals surface area (Å²) in [5.74, 6) is 0.112. The Morgan fingerprint density at radius 3 is 3.00 bits per heavy atom. The highest BCUT2D eigenvalue weighted by atomic mass is 35.5. The van der Waals surface area contributed by atoms with Gasteiger partial charge in [-0.05, 0) is 0 Å². The number of rotatable bonds is 2. The number of hydrogen-bond donors (Lipinski definition) is 2. The van der Waals surface area contributed by atoms with Gasteiger partial charge in [0.25, 0.3) is 0 Å². The second-order valence-corrected chi connectivity index (χ2v) is 2.74. The summed E-state index contributed by atoms with van der Waals surface area (Å²) in [5.41, 5.74) is 6.03. The van der Waals surface area contributed by atoms with E-state index < -0.39 is 0 Å². The van der Waals surface area contributed by atoms with E-state index >= 15 is 0 Å². The van der Waals surface area contributed by atoms with E-state index in [9.17, 15) is 0 Å². The Morgan fingerprint density at radius 1 is 1.92 bits per heavy atom. The van der Waals surface area contributed by atoms with Gasteiger partial charge in [0.2, 0.25) is 0 Å². The van der Waals surface area contributed by atoms with Crippen LogP contribution in [0.1, 0.15) is 5.69 Å². The van der Waals surface area contributed by atoms with Gasteiger partial charge in [0.1, 0.15) is 5.84 Å². The van der Waals surface area contributed by atoms with E-state index in [0.717, 1.165) is 5.69 Å². The van der Waals surface area contributed by atoms with Crippen LogP contribution in [0.3, 0.4) is 0 Å². The van der Waals surface area contributed by atoms with Crippen LogP contribution in [0.4, 0.5) is 0 Å². The third-order valence-electron chi connectivity index (χ3n) is 1.49. The zero-order valence-electron chi connectivity index (χ0n) is 6.53. The Morgan fingerprint density at radius 2 is 2.58 bits per heavy atom. The number of amidine groups is 1. The summed E-state index contributed by atoms with van der Waals surface area (Å²) in [6.45, 7) is 0. The van der Waals surface area contributed by atoms with Crippen LogP contribution >= 0.6 is 11.6 Å². The van der Waals surface area contributed by atoms with Crippen LogP contribution in [0.15, 0.2) is 11.4 Å². The van der Waals surface area contributed by atoms with Crippen LogP contribution in [0.2, 0.25) is 5.02 Å². The molecule has 12 heavy (non-hydrogen) atoms. The quantitative estimate of drug-likeness (QED) is 0.305. The maximum absolute atomic E-state index is 8.31. The van der Waals surface area contributed by atoms with Crippen molar-refractivity contribution in [2.24, 2.45) is 17.9 Å². The summed E-state index contributed by atoms with van der Waals surface area (Å²) in [4.78, 5) is 0. The number of hydrogen-bond acceptors (Lipinski definition) is 3. The maximum atomic E-state index is 8.31. The standard InChI is InChI=1S/C6H9ClN4O/c1-11-5(2-6(8)10-12)4(7)3-9-11/h3,12H,2H2,1H3,(H2,8,10). The molecule has 1 heterocycles. The predicted molar refractivity (Wildman–Crippen MR) is 45.3 cm³/mol. The molecule has 0 radical (unpaired) electrons. The molecule has 1 aromatic rings. The zero-order valence-corrected chi connectivity index (χ0v) is 7.28. The Labute approximate surface area is 74.4 Å². The van der Waals surface area contributed by atoms with Crippen LogP contribution in [0.25, 0.3) is 0 Å². The number of nitrogens with zero attached hydrogens (tertiary/aromatic N) is 3. The van der Waals surface area contributed by atoms with E-state index in [2.05, 4.69) is 10.3 Å². The van der Waals surface area contributed by atoms with Gasteiger partial charge in [-0.25, -0.2) is 0 Å². The average Bonchev–Trinajstić information content (AvgIpc) is 2.35. The van der Waals surface area contributed by atoms with Gasteiger partial charge < -0.3 is 10.9 Å². The first-order chi connectivity index (χ1) is 5.65. The molecule has 0 aliphatic rings. The fourth-order valence-electron chi connectivity index (χ4n) is 0.842. The number of oxime groups is 1. The van der Waals surface area contributed by atoms with E-state index in [-0.39, 0.29) is 5.84 Å². The van der Waals surface area contributed by atoms with Gasteiger partial charge in [-0.2, -0.15) is 5.10 Å². The van der Waals surface area contributed by atoms with Crippen molar-refractivity contribution >= 4 is 17.4 Å². The highest BCUT2D eigenvalue weighted by Crippen LogP contribution is 2.13. The lowest BCUT2D eigenvalue weighted by atomic mass is 10.3. The van der Waals surface area contributed by atoms with Crippen molar-refractivity contribution in [3.63, 3.8) is 0 Å². The van der Waals surface area contributed by atoms with Crippen LogP contribution in [-0.4, -0.2) is 20.8 Å². The molecule has 0 spiro atoms. The van der Waals surface area contributed by atoms with E-state index in [0.29, 0.717) is 11.4 Å². The molecule has 0 fully saturated rings. The fourth-order valence-corrected chi connectivity index (χ4v) is 1.07. The first-order valence-corrected chi connectivity index (χ1v) is 3.65. The van der Waals surface area contributed by atoms with E-state index in [4.69, 9.17) is 22.5 Å². The molecule has 0 saturated heterocycles. The molecule has 1 aromatic heterocycles. The molecule has 0 atom stereocenters. The number of aromatic nitrogens is 2. The molecule has 0 aliphatic heterocycles. The van der Waals surface area contributed by atoms with Gasteiger partial charge in [-0.1, -0.05) is 16.8 Å². The van der Waals surface area contributed by atoms with Crippen LogP contribution in [-0.2, 0) is 13.5 Å². The van der Waals surface area contributed by atoms with Gasteiger partial charge in [0.15, 0.2) is 0 Å². The Hall–Kier alpha value is -1.23. The third-order valence-corrected chi connectivity index (χ3v) is 1.80. The normalized spacial score (nSPS) is 12.0. The molecule has 0 saturated carbocycles. The lowest BCUT2D eigenvalue weighted by Crippen LogP contribution is -2.17. The van der Waals surface area contributed by atoms with Crippen LogP contribution in [0, 0.1) is 0 Å². The largest absolute Gasteiger partial charge is 0.409 e. The minimum absolute atomic E-state index is 0.112. The Bertz CT molecular complexity index is 287. The maximum Gasteiger partial charge on any atom is 0.145 e. The summed E-state index contributed by atoms with van der Waals surface area (Å²) >= 11 is 5.77. The van der Waals surface area contributed by atoms with Crippen molar-refractivity contribution in [3.05, 3.63) is 16.9 Å². The topological polar surface area (TPSA) is 76.4 Å². The summed E-state index contributed by atoms with van der Waals surface area (Å²) in [7, 11) is 1.74. The van der Waals surface area contributed by atoms with Crippen molar-refractivity contribution in [2.45, 2.75) is 6.42 Å². The predicted octanol–water partition coefficient (Wildman–Crippen LogP) is 0.362. The molecule has 5 nitrogen and oxygen atoms in total. The van der Waals surface area contributed by atoms with E-state index in [1.165, 1.54) is 6.20 Å². The highest BCUT2D eigenvalue weighted by Gasteiger charge is 2.07. The molecule has 0 aliphatic carbocycles. The first kappa shape index (κ1) is 8.86. The lowest BCUT2D eigenvalue weighted by Gasteiger charge is -2.00. The fraction of sp³-hybridized carbons (Fsp3) is 0.333. The average molecular weight is 189 g/mol. The number of nitrogens with two attached hydrogens (primary N) is 1. The molecule has 0 amide bonds. The van der Waals surface area contributed by atoms with E-state index in [1.54, 1.807) is 11.7 Å². The minimum Gasteiger partial charge on any atom is -0.409 e. The summed E-state index contributed by atoms with van der Waals surface area (Å²) in [6, 6.07) is 0. The number of aryl methyl sites for hydroxylation is 1. The molecule has 0 bridgehead atoms. The summed E-state index contributed by atoms with van der Waals surface area (Å²) in [6.07, 6.45) is 1.81. The first-order valence-electron chi connectivity index (χ1n) is 3.28. The van der Waals surface area contributed by atoms with Gasteiger partial charge in [0, 0.05) is 7.05 Å². The summed E-state index contributed by atoms with van der Waals surface area (Å²) < 4.78 is 1.58. The smallest absolute Gasteiger partial charge is 0.145 e. The van der Waals surface area contributed by atoms with Crippen molar-refractivity contribution in [1.29, 1.82) is 0 Å². The van der Waals surface area contributed by atoms with Gasteiger partial charge in [0.05, 0.1) is 23.3 Å². The molecule has 3 N–H and O–H groups in total. The van der Waals surface area contributed by atoms with E-state index in [1.807, 2.05) is 0 Å². The van der Waals surface area contributed by atoms with Crippen LogP contribution < -0.4 is 5.73 Å². The highest BCUT2D eigenvalue weighted by molar-refractivity contribution is 6.31. The molecule has 66 valence electrons. The Balaban J connectivity index is 2.88. The van der Waals surface area contributed by atoms with Crippen molar-refractivity contribution in [2.75, 3.05) is 0 Å². The lowest BCUT2D eigenvalue weighted by molar-refractivity contribution is 0.317. The van der Waals surface area contributed by atoms with Crippen molar-refractivity contribution < 1.29 is 5.21 Å². The molecule has 6 heteroatoms. The second-order valence-electron chi connectivity index (χ2n) is 2.33. The molecule has 0 aromatic carbocycles. The summed E-state index contributed by atoms with van der Waals surface area (Å²) in [5, 5.41) is 15.6. The van der Waals surface area contributed by atoms with Crippen molar-refractivity contribution in [1.82, 2.24) is 9.78 Å². The molecular formula is C6H9ClN4O. The van der Waals surface area contributed by atoms with Gasteiger partial charge >= 0.3 is 0 Å². The second kappa shape index (κ2) is 3.44. The van der Waals surface area contributed by atoms with Gasteiger partial charge in [-0.15, -0.1) is 0 Å². The third kappa shape index (κ3) is 1.68. The monoisotopic (exact) mass is 188 g/mol. The molecular weight excluding hydrogens is 180 g/mol. The minimum atomic E-state index is 0.112. The molecule has 1 rings (SSSR count).